The van der Waals surface area contributed by atoms with Gasteiger partial charge in [0, 0.05) is 21.4 Å². The van der Waals surface area contributed by atoms with Gasteiger partial charge in [-0.15, -0.1) is 0 Å². The molecular weight excluding hydrogens is 556 g/mol. The molecule has 2 aliphatic rings. The maximum atomic E-state index is 14.0. The van der Waals surface area contributed by atoms with E-state index in [2.05, 4.69) is 4.98 Å². The Morgan fingerprint density at radius 1 is 0.974 bits per heavy atom. The van der Waals surface area contributed by atoms with Crippen molar-refractivity contribution in [1.29, 1.82) is 0 Å². The number of rotatable bonds is 6. The summed E-state index contributed by atoms with van der Waals surface area (Å²) in [5.41, 5.74) is 3.28. The van der Waals surface area contributed by atoms with Gasteiger partial charge in [-0.05, 0) is 55.0 Å². The number of halogens is 1. The number of aromatic amines is 1. The van der Waals surface area contributed by atoms with E-state index in [1.54, 1.807) is 49.6 Å². The summed E-state index contributed by atoms with van der Waals surface area (Å²) in [7, 11) is 1.56. The maximum absolute atomic E-state index is 14.0. The van der Waals surface area contributed by atoms with Gasteiger partial charge in [0.15, 0.2) is 0 Å². The van der Waals surface area contributed by atoms with Gasteiger partial charge in [0.1, 0.15) is 23.4 Å². The normalized spacial score (nSPS) is 20.1. The molecule has 1 aromatic heterocycles. The van der Waals surface area contributed by atoms with Gasteiger partial charge in [-0.2, -0.15) is 0 Å². The standard InChI is InChI=1S/C29H23ClN2O5S2/c1-15-3-5-16(6-4-15)14-37-21-12-7-17(30)13-20(21)22-23-25(38-26-24(22)39-29(35)31-26)28(34)32(27(23)33)18-8-10-19(36-2)11-9-18/h3-13,22-23,25H,14H2,1-2H3,(H,31,35). The van der Waals surface area contributed by atoms with Crippen LogP contribution in [0.3, 0.4) is 0 Å². The summed E-state index contributed by atoms with van der Waals surface area (Å²) < 4.78 is 11.5. The van der Waals surface area contributed by atoms with Crippen LogP contribution in [0.15, 0.2) is 76.6 Å². The van der Waals surface area contributed by atoms with Crippen LogP contribution in [0.4, 0.5) is 5.69 Å². The molecule has 39 heavy (non-hydrogen) atoms. The minimum absolute atomic E-state index is 0.242. The Bertz CT molecular complexity index is 1630. The fourth-order valence-corrected chi connectivity index (χ4v) is 7.76. The van der Waals surface area contributed by atoms with E-state index in [4.69, 9.17) is 21.1 Å². The number of imide groups is 1. The molecule has 3 heterocycles. The number of nitrogens with one attached hydrogen (secondary N) is 1. The van der Waals surface area contributed by atoms with E-state index < -0.39 is 17.1 Å². The molecule has 0 radical (unpaired) electrons. The second-order valence-electron chi connectivity index (χ2n) is 9.42. The monoisotopic (exact) mass is 578 g/mol. The average molecular weight is 579 g/mol. The molecule has 2 amide bonds. The fraction of sp³-hybridized carbons (Fsp3) is 0.207. The van der Waals surface area contributed by atoms with Gasteiger partial charge < -0.3 is 14.5 Å². The lowest BCUT2D eigenvalue weighted by Gasteiger charge is -2.31. The first-order valence-corrected chi connectivity index (χ1v) is 14.3. The number of methoxy groups -OCH3 is 1. The average Bonchev–Trinajstić information content (AvgIpc) is 3.43. The van der Waals surface area contributed by atoms with Crippen molar-refractivity contribution in [3.8, 4) is 11.5 Å². The third-order valence-electron chi connectivity index (χ3n) is 6.98. The molecule has 2 aliphatic heterocycles. The van der Waals surface area contributed by atoms with E-state index in [1.165, 1.54) is 16.7 Å². The molecule has 1 saturated heterocycles. The first kappa shape index (κ1) is 25.7. The number of benzene rings is 3. The molecule has 3 aromatic carbocycles. The lowest BCUT2D eigenvalue weighted by atomic mass is 9.82. The summed E-state index contributed by atoms with van der Waals surface area (Å²) in [5.74, 6) is -0.830. The minimum atomic E-state index is -0.747. The van der Waals surface area contributed by atoms with Crippen molar-refractivity contribution >= 4 is 52.2 Å². The van der Waals surface area contributed by atoms with Crippen molar-refractivity contribution < 1.29 is 19.1 Å². The smallest absolute Gasteiger partial charge is 0.305 e. The summed E-state index contributed by atoms with van der Waals surface area (Å²) in [6.07, 6.45) is 0. The number of H-pyrrole nitrogens is 1. The van der Waals surface area contributed by atoms with Crippen LogP contribution in [-0.2, 0) is 16.2 Å². The molecular formula is C29H23ClN2O5S2. The molecule has 0 saturated carbocycles. The first-order valence-electron chi connectivity index (χ1n) is 12.2. The molecule has 4 aromatic rings. The quantitative estimate of drug-likeness (QED) is 0.292. The third kappa shape index (κ3) is 4.64. The Hall–Kier alpha value is -3.53. The van der Waals surface area contributed by atoms with Gasteiger partial charge in [0.2, 0.25) is 11.8 Å². The number of hydrogen-bond acceptors (Lipinski definition) is 7. The van der Waals surface area contributed by atoms with Gasteiger partial charge >= 0.3 is 4.87 Å². The van der Waals surface area contributed by atoms with Gasteiger partial charge in [0.25, 0.3) is 0 Å². The Kier molecular flexibility index (Phi) is 6.74. The minimum Gasteiger partial charge on any atom is -0.497 e. The lowest BCUT2D eigenvalue weighted by molar-refractivity contribution is -0.122. The summed E-state index contributed by atoms with van der Waals surface area (Å²) in [5, 5.41) is 0.348. The number of aromatic nitrogens is 1. The molecule has 1 N–H and O–H groups in total. The van der Waals surface area contributed by atoms with Gasteiger partial charge in [0.05, 0.1) is 23.7 Å². The zero-order valence-electron chi connectivity index (χ0n) is 21.0. The molecule has 0 aliphatic carbocycles. The summed E-state index contributed by atoms with van der Waals surface area (Å²) in [6, 6.07) is 20.1. The van der Waals surface area contributed by atoms with Crippen LogP contribution in [-0.4, -0.2) is 29.2 Å². The number of thiazole rings is 1. The van der Waals surface area contributed by atoms with Crippen molar-refractivity contribution in [2.75, 3.05) is 12.0 Å². The number of aryl methyl sites for hydroxylation is 1. The number of thioether (sulfide) groups is 1. The molecule has 10 heteroatoms. The fourth-order valence-electron chi connectivity index (χ4n) is 5.08. The third-order valence-corrected chi connectivity index (χ3v) is 9.61. The molecule has 198 valence electrons. The van der Waals surface area contributed by atoms with Crippen LogP contribution in [0.5, 0.6) is 11.5 Å². The number of amides is 2. The summed E-state index contributed by atoms with van der Waals surface area (Å²) in [4.78, 5) is 44.7. The molecule has 3 unspecified atom stereocenters. The van der Waals surface area contributed by atoms with Gasteiger partial charge in [-0.3, -0.25) is 14.4 Å². The van der Waals surface area contributed by atoms with Crippen LogP contribution in [0.2, 0.25) is 5.02 Å². The number of fused-ring (bicyclic) bond motifs is 2. The number of ether oxygens (including phenoxy) is 2. The molecule has 6 rings (SSSR count). The van der Waals surface area contributed by atoms with Crippen molar-refractivity contribution in [3.05, 3.63) is 103 Å². The Balaban J connectivity index is 1.43. The van der Waals surface area contributed by atoms with E-state index >= 15 is 0 Å². The highest BCUT2D eigenvalue weighted by molar-refractivity contribution is 8.00. The second kappa shape index (κ2) is 10.2. The largest absolute Gasteiger partial charge is 0.497 e. The van der Waals surface area contributed by atoms with E-state index in [1.807, 2.05) is 31.2 Å². The Labute approximate surface area is 237 Å². The van der Waals surface area contributed by atoms with E-state index in [9.17, 15) is 14.4 Å². The lowest BCUT2D eigenvalue weighted by Crippen LogP contribution is -2.32. The van der Waals surface area contributed by atoms with Crippen LogP contribution in [0, 0.1) is 12.8 Å². The number of hydrogen-bond donors (Lipinski definition) is 1. The SMILES string of the molecule is COc1ccc(N2C(=O)C3Sc4[nH]c(=O)sc4C(c4cc(Cl)ccc4OCc4ccc(C)cc4)C3C2=O)cc1. The zero-order chi connectivity index (χ0) is 27.3. The van der Waals surface area contributed by atoms with E-state index in [0.717, 1.165) is 22.5 Å². The predicted octanol–water partition coefficient (Wildman–Crippen LogP) is 5.78. The second-order valence-corrected chi connectivity index (χ2v) is 12.0. The molecule has 7 nitrogen and oxygen atoms in total. The number of nitrogens with zero attached hydrogens (tertiary/aromatic N) is 1. The molecule has 0 bridgehead atoms. The predicted molar refractivity (Wildman–Crippen MR) is 152 cm³/mol. The van der Waals surface area contributed by atoms with Crippen molar-refractivity contribution in [1.82, 2.24) is 4.98 Å². The summed E-state index contributed by atoms with van der Waals surface area (Å²) in [6.45, 7) is 2.33. The topological polar surface area (TPSA) is 88.7 Å². The van der Waals surface area contributed by atoms with Crippen LogP contribution in [0.1, 0.15) is 27.5 Å². The zero-order valence-corrected chi connectivity index (χ0v) is 23.4. The van der Waals surface area contributed by atoms with E-state index in [0.29, 0.717) is 44.3 Å². The van der Waals surface area contributed by atoms with Crippen LogP contribution in [0.25, 0.3) is 0 Å². The number of anilines is 1. The van der Waals surface area contributed by atoms with Gasteiger partial charge in [-0.1, -0.05) is 64.5 Å². The molecule has 0 spiro atoms. The van der Waals surface area contributed by atoms with Gasteiger partial charge in [-0.25, -0.2) is 4.90 Å². The van der Waals surface area contributed by atoms with Crippen LogP contribution >= 0.6 is 34.7 Å². The number of carbonyl (C=O) groups is 2. The van der Waals surface area contributed by atoms with Crippen LogP contribution < -0.4 is 19.2 Å². The highest BCUT2D eigenvalue weighted by Gasteiger charge is 2.56. The highest BCUT2D eigenvalue weighted by Crippen LogP contribution is 2.54. The molecule has 3 atom stereocenters. The Morgan fingerprint density at radius 3 is 2.44 bits per heavy atom. The maximum Gasteiger partial charge on any atom is 0.305 e. The van der Waals surface area contributed by atoms with Crippen molar-refractivity contribution in [2.24, 2.45) is 5.92 Å². The summed E-state index contributed by atoms with van der Waals surface area (Å²) >= 11 is 8.74. The van der Waals surface area contributed by atoms with Crippen molar-refractivity contribution in [2.45, 2.75) is 29.7 Å². The van der Waals surface area contributed by atoms with E-state index in [-0.39, 0.29) is 16.7 Å². The Morgan fingerprint density at radius 2 is 1.72 bits per heavy atom. The highest BCUT2D eigenvalue weighted by atomic mass is 35.5. The molecule has 1 fully saturated rings. The van der Waals surface area contributed by atoms with Crippen molar-refractivity contribution in [3.63, 3.8) is 0 Å². The number of carbonyl (C=O) groups excluding carboxylic acids is 2. The first-order chi connectivity index (χ1) is 18.8.